The van der Waals surface area contributed by atoms with Crippen molar-refractivity contribution in [2.24, 2.45) is 5.73 Å². The Morgan fingerprint density at radius 1 is 1.07 bits per heavy atom. The van der Waals surface area contributed by atoms with Crippen LogP contribution in [0.15, 0.2) is 79.3 Å². The van der Waals surface area contributed by atoms with E-state index in [1.54, 1.807) is 74.9 Å². The Bertz CT molecular complexity index is 1900. The molecule has 44 heavy (non-hydrogen) atoms. The SMILES string of the molecule is C[C@](O)(CCC(=O)c1cc(Nc2ncccn2)c2ncccc2c1)c1cc2c(c(-c3ccc(F)cc3)n1)OC[C@]2(C)C(N)=O. The number of nitrogens with two attached hydrogens (primary N) is 1. The molecule has 0 bridgehead atoms. The van der Waals surface area contributed by atoms with Gasteiger partial charge in [-0.25, -0.2) is 19.3 Å². The van der Waals surface area contributed by atoms with Crippen molar-refractivity contribution in [3.05, 3.63) is 102 Å². The summed E-state index contributed by atoms with van der Waals surface area (Å²) >= 11 is 0. The minimum Gasteiger partial charge on any atom is -0.489 e. The number of ketones is 1. The van der Waals surface area contributed by atoms with Gasteiger partial charge in [0.15, 0.2) is 5.78 Å². The zero-order valence-electron chi connectivity index (χ0n) is 24.0. The van der Waals surface area contributed by atoms with Gasteiger partial charge >= 0.3 is 0 Å². The second kappa shape index (κ2) is 11.1. The number of halogens is 1. The van der Waals surface area contributed by atoms with E-state index in [0.29, 0.717) is 45.3 Å². The number of rotatable bonds is 9. The second-order valence-electron chi connectivity index (χ2n) is 11.2. The molecule has 2 aromatic carbocycles. The molecule has 0 fully saturated rings. The molecule has 6 rings (SSSR count). The number of carbonyl (C=O) groups excluding carboxylic acids is 2. The van der Waals surface area contributed by atoms with E-state index in [0.717, 1.165) is 5.39 Å². The third-order valence-electron chi connectivity index (χ3n) is 7.96. The monoisotopic (exact) mass is 592 g/mol. The van der Waals surface area contributed by atoms with Gasteiger partial charge in [0.1, 0.15) is 34.9 Å². The number of amides is 1. The van der Waals surface area contributed by atoms with Crippen molar-refractivity contribution in [3.63, 3.8) is 0 Å². The van der Waals surface area contributed by atoms with Crippen LogP contribution in [0, 0.1) is 5.82 Å². The number of pyridine rings is 2. The Hall–Kier alpha value is -5.29. The molecule has 4 N–H and O–H groups in total. The third-order valence-corrected chi connectivity index (χ3v) is 7.96. The van der Waals surface area contributed by atoms with Crippen LogP contribution >= 0.6 is 0 Å². The lowest BCUT2D eigenvalue weighted by Gasteiger charge is -2.26. The zero-order chi connectivity index (χ0) is 31.1. The predicted molar refractivity (Wildman–Crippen MR) is 162 cm³/mol. The number of aliphatic hydroxyl groups is 1. The quantitative estimate of drug-likeness (QED) is 0.201. The van der Waals surface area contributed by atoms with Crippen LogP contribution in [0.5, 0.6) is 5.75 Å². The van der Waals surface area contributed by atoms with E-state index < -0.39 is 22.7 Å². The lowest BCUT2D eigenvalue weighted by Crippen LogP contribution is -2.40. The number of hydrogen-bond acceptors (Lipinski definition) is 9. The summed E-state index contributed by atoms with van der Waals surface area (Å²) in [4.78, 5) is 43.6. The molecule has 0 spiro atoms. The number of ether oxygens (including phenoxy) is 1. The average Bonchev–Trinajstić information content (AvgIpc) is 3.38. The molecule has 4 heterocycles. The molecular formula is C33H29FN6O4. The van der Waals surface area contributed by atoms with E-state index in [1.165, 1.54) is 12.1 Å². The first kappa shape index (κ1) is 28.8. The number of anilines is 2. The Balaban J connectivity index is 1.32. The van der Waals surface area contributed by atoms with Gasteiger partial charge in [-0.1, -0.05) is 6.07 Å². The molecule has 2 atom stereocenters. The van der Waals surface area contributed by atoms with Crippen molar-refractivity contribution in [2.45, 2.75) is 37.7 Å². The summed E-state index contributed by atoms with van der Waals surface area (Å²) in [6.45, 7) is 3.22. The Kier molecular flexibility index (Phi) is 7.26. The molecule has 3 aromatic heterocycles. The summed E-state index contributed by atoms with van der Waals surface area (Å²) in [6, 6.07) is 16.1. The third kappa shape index (κ3) is 5.33. The number of Topliss-reactive ketones (excluding diaryl/α,β-unsaturated/α-hetero) is 1. The molecule has 5 aromatic rings. The number of nitrogens with one attached hydrogen (secondary N) is 1. The molecule has 0 radical (unpaired) electrons. The fourth-order valence-corrected chi connectivity index (χ4v) is 5.23. The molecule has 0 saturated carbocycles. The maximum atomic E-state index is 13.7. The number of benzene rings is 2. The fourth-order valence-electron chi connectivity index (χ4n) is 5.23. The molecule has 1 amide bonds. The van der Waals surface area contributed by atoms with E-state index in [2.05, 4.69) is 20.3 Å². The van der Waals surface area contributed by atoms with Crippen LogP contribution < -0.4 is 15.8 Å². The highest BCUT2D eigenvalue weighted by Crippen LogP contribution is 2.46. The van der Waals surface area contributed by atoms with E-state index in [4.69, 9.17) is 15.5 Å². The Morgan fingerprint density at radius 3 is 2.52 bits per heavy atom. The zero-order valence-corrected chi connectivity index (χ0v) is 24.0. The summed E-state index contributed by atoms with van der Waals surface area (Å²) in [5.74, 6) is -0.518. The van der Waals surface area contributed by atoms with Gasteiger partial charge in [0, 0.05) is 47.1 Å². The topological polar surface area (TPSA) is 153 Å². The summed E-state index contributed by atoms with van der Waals surface area (Å²) in [5, 5.41) is 15.6. The maximum absolute atomic E-state index is 13.7. The minimum absolute atomic E-state index is 0.00116. The van der Waals surface area contributed by atoms with Crippen molar-refractivity contribution >= 4 is 34.2 Å². The molecule has 0 unspecified atom stereocenters. The number of primary amides is 1. The first-order valence-electron chi connectivity index (χ1n) is 14.0. The standard InChI is InChI=1S/C33H29FN6O4/c1-32(30(35)42)18-44-29-23(32)17-26(40-28(29)19-6-8-22(34)9-7-19)33(2,43)11-10-25(41)21-15-20-5-3-12-36-27(20)24(16-21)39-31-37-13-4-14-38-31/h3-9,12-17,43H,10-11,18H2,1-2H3,(H2,35,42)(H,37,38,39)/t32-,33-/m0/s1. The van der Waals surface area contributed by atoms with Crippen LogP contribution in [-0.4, -0.2) is 43.3 Å². The van der Waals surface area contributed by atoms with Gasteiger partial charge in [0.05, 0.1) is 16.9 Å². The van der Waals surface area contributed by atoms with Crippen molar-refractivity contribution in [1.82, 2.24) is 19.9 Å². The van der Waals surface area contributed by atoms with Gasteiger partial charge in [-0.2, -0.15) is 0 Å². The fraction of sp³-hybridized carbons (Fsp3) is 0.212. The van der Waals surface area contributed by atoms with Gasteiger partial charge in [0.2, 0.25) is 11.9 Å². The van der Waals surface area contributed by atoms with E-state index in [1.807, 2.05) is 6.07 Å². The van der Waals surface area contributed by atoms with Crippen molar-refractivity contribution in [3.8, 4) is 17.0 Å². The van der Waals surface area contributed by atoms with Gasteiger partial charge in [-0.3, -0.25) is 14.6 Å². The molecule has 0 aliphatic carbocycles. The normalized spacial score (nSPS) is 17.0. The second-order valence-corrected chi connectivity index (χ2v) is 11.2. The maximum Gasteiger partial charge on any atom is 0.231 e. The number of carbonyl (C=O) groups is 2. The minimum atomic E-state index is -1.59. The van der Waals surface area contributed by atoms with Crippen molar-refractivity contribution < 1.29 is 23.8 Å². The van der Waals surface area contributed by atoms with Crippen LogP contribution in [0.4, 0.5) is 16.0 Å². The summed E-state index contributed by atoms with van der Waals surface area (Å²) in [7, 11) is 0. The first-order valence-corrected chi connectivity index (χ1v) is 14.0. The average molecular weight is 593 g/mol. The lowest BCUT2D eigenvalue weighted by molar-refractivity contribution is -0.123. The molecular weight excluding hydrogens is 563 g/mol. The summed E-state index contributed by atoms with van der Waals surface area (Å²) in [5.41, 5.74) is 6.24. The van der Waals surface area contributed by atoms with Crippen LogP contribution in [0.25, 0.3) is 22.2 Å². The highest BCUT2D eigenvalue weighted by molar-refractivity contribution is 6.03. The largest absolute Gasteiger partial charge is 0.489 e. The van der Waals surface area contributed by atoms with E-state index >= 15 is 0 Å². The molecule has 10 nitrogen and oxygen atoms in total. The number of aromatic nitrogens is 4. The van der Waals surface area contributed by atoms with Gasteiger partial charge in [-0.05, 0) is 74.9 Å². The Morgan fingerprint density at radius 2 is 1.80 bits per heavy atom. The van der Waals surface area contributed by atoms with Gasteiger partial charge < -0.3 is 20.9 Å². The number of nitrogens with zero attached hydrogens (tertiary/aromatic N) is 4. The predicted octanol–water partition coefficient (Wildman–Crippen LogP) is 4.98. The molecule has 11 heteroatoms. The number of fused-ring (bicyclic) bond motifs is 2. The molecule has 1 aliphatic rings. The molecule has 0 saturated heterocycles. The van der Waals surface area contributed by atoms with Gasteiger partial charge in [-0.15, -0.1) is 0 Å². The van der Waals surface area contributed by atoms with Gasteiger partial charge in [0.25, 0.3) is 0 Å². The van der Waals surface area contributed by atoms with E-state index in [-0.39, 0.29) is 30.9 Å². The van der Waals surface area contributed by atoms with Crippen LogP contribution in [0.2, 0.25) is 0 Å². The summed E-state index contributed by atoms with van der Waals surface area (Å²) in [6.07, 6.45) is 4.87. The highest BCUT2D eigenvalue weighted by atomic mass is 19.1. The Labute approximate surface area is 252 Å². The van der Waals surface area contributed by atoms with Crippen LogP contribution in [0.1, 0.15) is 48.3 Å². The number of hydrogen-bond donors (Lipinski definition) is 3. The van der Waals surface area contributed by atoms with Crippen molar-refractivity contribution in [2.75, 3.05) is 11.9 Å². The molecule has 1 aliphatic heterocycles. The molecule has 222 valence electrons. The first-order chi connectivity index (χ1) is 21.0. The summed E-state index contributed by atoms with van der Waals surface area (Å²) < 4.78 is 19.6. The van der Waals surface area contributed by atoms with Crippen LogP contribution in [0.3, 0.4) is 0 Å². The smallest absolute Gasteiger partial charge is 0.231 e. The van der Waals surface area contributed by atoms with E-state index in [9.17, 15) is 19.1 Å². The highest BCUT2D eigenvalue weighted by Gasteiger charge is 2.45. The lowest BCUT2D eigenvalue weighted by atomic mass is 9.81. The van der Waals surface area contributed by atoms with Crippen molar-refractivity contribution in [1.29, 1.82) is 0 Å². The van der Waals surface area contributed by atoms with Crippen LogP contribution in [-0.2, 0) is 15.8 Å².